The molecule has 0 aliphatic heterocycles. The lowest BCUT2D eigenvalue weighted by molar-refractivity contribution is 0.0949. The van der Waals surface area contributed by atoms with Gasteiger partial charge in [-0.1, -0.05) is 24.3 Å². The molecule has 0 spiro atoms. The molecule has 3 rings (SSSR count). The number of hydrogen-bond donors (Lipinski definition) is 3. The quantitative estimate of drug-likeness (QED) is 0.595. The Bertz CT molecular complexity index is 997. The highest BCUT2D eigenvalue weighted by Crippen LogP contribution is 2.18. The van der Waals surface area contributed by atoms with E-state index in [-0.39, 0.29) is 24.5 Å². The van der Waals surface area contributed by atoms with Crippen LogP contribution in [0.25, 0.3) is 0 Å². The first-order valence-electron chi connectivity index (χ1n) is 9.34. The second kappa shape index (κ2) is 9.01. The molecule has 1 aromatic heterocycles. The van der Waals surface area contributed by atoms with Crippen molar-refractivity contribution in [2.24, 2.45) is 0 Å². The molecule has 0 saturated heterocycles. The van der Waals surface area contributed by atoms with E-state index < -0.39 is 0 Å². The summed E-state index contributed by atoms with van der Waals surface area (Å²) < 4.78 is 1.76. The highest BCUT2D eigenvalue weighted by Gasteiger charge is 2.13. The molecular weight excluding hydrogens is 368 g/mol. The third kappa shape index (κ3) is 5.19. The summed E-state index contributed by atoms with van der Waals surface area (Å²) in [5.41, 5.74) is 2.55. The maximum atomic E-state index is 12.6. The first kappa shape index (κ1) is 20.1. The summed E-state index contributed by atoms with van der Waals surface area (Å²) in [7, 11) is 0. The Hall–Kier alpha value is -3.68. The number of rotatable bonds is 6. The summed E-state index contributed by atoms with van der Waals surface area (Å²) in [6.45, 7) is 6.13. The van der Waals surface area contributed by atoms with Crippen LogP contribution in [0.3, 0.4) is 0 Å². The van der Waals surface area contributed by atoms with Gasteiger partial charge in [0.15, 0.2) is 0 Å². The van der Waals surface area contributed by atoms with Crippen LogP contribution in [0, 0.1) is 6.92 Å². The van der Waals surface area contributed by atoms with E-state index in [1.807, 2.05) is 39.0 Å². The van der Waals surface area contributed by atoms with Crippen LogP contribution in [0.15, 0.2) is 54.9 Å². The fraction of sp³-hybridized carbons (Fsp3) is 0.238. The number of urea groups is 1. The Kier molecular flexibility index (Phi) is 6.23. The minimum Gasteiger partial charge on any atom is -0.345 e. The number of para-hydroxylation sites is 1. The molecule has 0 saturated carbocycles. The number of nitrogens with zero attached hydrogens (tertiary/aromatic N) is 3. The Balaban J connectivity index is 1.65. The van der Waals surface area contributed by atoms with Crippen LogP contribution in [0.1, 0.15) is 41.6 Å². The van der Waals surface area contributed by atoms with E-state index in [1.54, 1.807) is 35.0 Å². The number of aryl methyl sites for hydroxylation is 1. The van der Waals surface area contributed by atoms with Gasteiger partial charge in [-0.2, -0.15) is 5.10 Å². The van der Waals surface area contributed by atoms with E-state index in [9.17, 15) is 9.59 Å². The molecule has 3 aromatic rings. The zero-order valence-corrected chi connectivity index (χ0v) is 16.6. The van der Waals surface area contributed by atoms with Crippen LogP contribution < -0.4 is 16.0 Å². The summed E-state index contributed by atoms with van der Waals surface area (Å²) in [5, 5.41) is 12.6. The van der Waals surface area contributed by atoms with Gasteiger partial charge in [0.2, 0.25) is 0 Å². The van der Waals surface area contributed by atoms with Crippen LogP contribution in [-0.4, -0.2) is 26.7 Å². The first-order valence-corrected chi connectivity index (χ1v) is 9.34. The molecule has 8 nitrogen and oxygen atoms in total. The van der Waals surface area contributed by atoms with E-state index in [0.717, 1.165) is 5.56 Å². The Labute approximate surface area is 169 Å². The van der Waals surface area contributed by atoms with E-state index in [4.69, 9.17) is 0 Å². The van der Waals surface area contributed by atoms with Gasteiger partial charge >= 0.3 is 6.03 Å². The van der Waals surface area contributed by atoms with Gasteiger partial charge in [-0.05, 0) is 50.6 Å². The molecule has 3 amide bonds. The number of anilines is 2. The summed E-state index contributed by atoms with van der Waals surface area (Å²) in [6.07, 6.45) is 1.47. The normalized spacial score (nSPS) is 10.6. The molecule has 2 aromatic carbocycles. The third-order valence-electron chi connectivity index (χ3n) is 4.32. The van der Waals surface area contributed by atoms with Gasteiger partial charge in [0.05, 0.1) is 6.54 Å². The van der Waals surface area contributed by atoms with Gasteiger partial charge < -0.3 is 16.0 Å². The predicted octanol–water partition coefficient (Wildman–Crippen LogP) is 3.74. The van der Waals surface area contributed by atoms with Gasteiger partial charge in [0.1, 0.15) is 12.2 Å². The highest BCUT2D eigenvalue weighted by molar-refractivity contribution is 6.02. The monoisotopic (exact) mass is 392 g/mol. The standard InChI is InChI=1S/C21H24N6O2/c1-14(2)27-19(23-13-24-27)12-22-20(28)16-10-9-15(3)18(11-16)26-21(29)25-17-7-5-4-6-8-17/h4-11,13-14H,12H2,1-3H3,(H,22,28)(H2,25,26,29). The molecule has 8 heteroatoms. The van der Waals surface area contributed by atoms with E-state index in [0.29, 0.717) is 22.8 Å². The maximum Gasteiger partial charge on any atom is 0.323 e. The zero-order valence-electron chi connectivity index (χ0n) is 16.6. The summed E-state index contributed by atoms with van der Waals surface area (Å²) >= 11 is 0. The number of nitrogens with one attached hydrogen (secondary N) is 3. The van der Waals surface area contributed by atoms with Gasteiger partial charge in [-0.3, -0.25) is 4.79 Å². The zero-order chi connectivity index (χ0) is 20.8. The van der Waals surface area contributed by atoms with Gasteiger partial charge in [-0.25, -0.2) is 14.5 Å². The van der Waals surface area contributed by atoms with E-state index >= 15 is 0 Å². The highest BCUT2D eigenvalue weighted by atomic mass is 16.2. The largest absolute Gasteiger partial charge is 0.345 e. The molecule has 1 heterocycles. The lowest BCUT2D eigenvalue weighted by atomic mass is 10.1. The summed E-state index contributed by atoms with van der Waals surface area (Å²) in [4.78, 5) is 29.0. The van der Waals surface area contributed by atoms with Crippen LogP contribution in [0.2, 0.25) is 0 Å². The summed E-state index contributed by atoms with van der Waals surface area (Å²) in [6, 6.07) is 14.1. The van der Waals surface area contributed by atoms with Crippen molar-refractivity contribution < 1.29 is 9.59 Å². The van der Waals surface area contributed by atoms with E-state index in [2.05, 4.69) is 26.0 Å². The van der Waals surface area contributed by atoms with Crippen molar-refractivity contribution in [1.82, 2.24) is 20.1 Å². The molecule has 150 valence electrons. The van der Waals surface area contributed by atoms with Crippen molar-refractivity contribution >= 4 is 23.3 Å². The van der Waals surface area contributed by atoms with Crippen LogP contribution in [0.5, 0.6) is 0 Å². The van der Waals surface area contributed by atoms with E-state index in [1.165, 1.54) is 6.33 Å². The molecular formula is C21H24N6O2. The number of carbonyl (C=O) groups is 2. The van der Waals surface area contributed by atoms with Crippen LogP contribution in [-0.2, 0) is 6.54 Å². The molecule has 0 radical (unpaired) electrons. The Morgan fingerprint density at radius 2 is 1.83 bits per heavy atom. The molecule has 0 fully saturated rings. The van der Waals surface area contributed by atoms with Crippen LogP contribution >= 0.6 is 0 Å². The molecule has 0 atom stereocenters. The van der Waals surface area contributed by atoms with Gasteiger partial charge in [0, 0.05) is 23.0 Å². The minimum absolute atomic E-state index is 0.155. The van der Waals surface area contributed by atoms with Crippen molar-refractivity contribution in [3.05, 3.63) is 71.8 Å². The topological polar surface area (TPSA) is 101 Å². The third-order valence-corrected chi connectivity index (χ3v) is 4.32. The fourth-order valence-corrected chi connectivity index (χ4v) is 2.80. The number of aromatic nitrogens is 3. The molecule has 0 bridgehead atoms. The Morgan fingerprint density at radius 1 is 1.07 bits per heavy atom. The number of amides is 3. The molecule has 29 heavy (non-hydrogen) atoms. The van der Waals surface area contributed by atoms with Crippen molar-refractivity contribution in [2.45, 2.75) is 33.4 Å². The van der Waals surface area contributed by atoms with Gasteiger partial charge in [0.25, 0.3) is 5.91 Å². The molecule has 3 N–H and O–H groups in total. The lowest BCUT2D eigenvalue weighted by Crippen LogP contribution is -2.26. The van der Waals surface area contributed by atoms with Crippen molar-refractivity contribution in [2.75, 3.05) is 10.6 Å². The average Bonchev–Trinajstić information content (AvgIpc) is 3.17. The fourth-order valence-electron chi connectivity index (χ4n) is 2.80. The number of benzene rings is 2. The second-order valence-electron chi connectivity index (χ2n) is 6.87. The number of carbonyl (C=O) groups excluding carboxylic acids is 2. The van der Waals surface area contributed by atoms with Crippen molar-refractivity contribution in [3.63, 3.8) is 0 Å². The molecule has 0 aliphatic rings. The van der Waals surface area contributed by atoms with Crippen molar-refractivity contribution in [1.29, 1.82) is 0 Å². The average molecular weight is 392 g/mol. The Morgan fingerprint density at radius 3 is 2.55 bits per heavy atom. The predicted molar refractivity (Wildman–Crippen MR) is 112 cm³/mol. The molecule has 0 unspecified atom stereocenters. The van der Waals surface area contributed by atoms with Gasteiger partial charge in [-0.15, -0.1) is 0 Å². The lowest BCUT2D eigenvalue weighted by Gasteiger charge is -2.13. The summed E-state index contributed by atoms with van der Waals surface area (Å²) in [5.74, 6) is 0.427. The maximum absolute atomic E-state index is 12.6. The number of hydrogen-bond acceptors (Lipinski definition) is 4. The van der Waals surface area contributed by atoms with Crippen LogP contribution in [0.4, 0.5) is 16.2 Å². The first-order chi connectivity index (χ1) is 13.9. The second-order valence-corrected chi connectivity index (χ2v) is 6.87. The van der Waals surface area contributed by atoms with Crippen molar-refractivity contribution in [3.8, 4) is 0 Å². The minimum atomic E-state index is -0.373. The SMILES string of the molecule is Cc1ccc(C(=O)NCc2ncnn2C(C)C)cc1NC(=O)Nc1ccccc1. The molecule has 0 aliphatic carbocycles. The smallest absolute Gasteiger partial charge is 0.323 e.